The lowest BCUT2D eigenvalue weighted by molar-refractivity contribution is 0.0973. The molecule has 2 aliphatic rings. The Morgan fingerprint density at radius 1 is 1.07 bits per heavy atom. The predicted molar refractivity (Wildman–Crippen MR) is 58.2 cm³/mol. The lowest BCUT2D eigenvalue weighted by atomic mass is 10.0. The Morgan fingerprint density at radius 3 is 2.36 bits per heavy atom. The van der Waals surface area contributed by atoms with Gasteiger partial charge in [-0.2, -0.15) is 0 Å². The Balaban J connectivity index is 1.78. The van der Waals surface area contributed by atoms with E-state index in [1.54, 1.807) is 0 Å². The molecule has 0 amide bonds. The maximum absolute atomic E-state index is 9.75. The van der Waals surface area contributed by atoms with Crippen LogP contribution in [0, 0.1) is 5.92 Å². The molecule has 0 spiro atoms. The normalized spacial score (nSPS) is 34.5. The van der Waals surface area contributed by atoms with E-state index in [-0.39, 0.29) is 6.10 Å². The first-order chi connectivity index (χ1) is 6.77. The summed E-state index contributed by atoms with van der Waals surface area (Å²) >= 11 is 0. The molecule has 14 heavy (non-hydrogen) atoms. The lowest BCUT2D eigenvalue weighted by Gasteiger charge is -2.28. The van der Waals surface area contributed by atoms with Gasteiger partial charge in [-0.05, 0) is 38.6 Å². The maximum atomic E-state index is 9.75. The van der Waals surface area contributed by atoms with Gasteiger partial charge in [-0.15, -0.1) is 0 Å². The van der Waals surface area contributed by atoms with Crippen molar-refractivity contribution in [2.45, 2.75) is 57.1 Å². The third-order valence-corrected chi connectivity index (χ3v) is 4.09. The summed E-state index contributed by atoms with van der Waals surface area (Å²) in [5.41, 5.74) is 0. The van der Waals surface area contributed by atoms with Gasteiger partial charge >= 0.3 is 0 Å². The molecule has 0 heterocycles. The molecular formula is C12H23NO. The molecule has 0 aliphatic heterocycles. The molecule has 0 bridgehead atoms. The van der Waals surface area contributed by atoms with Crippen LogP contribution in [0.1, 0.15) is 44.9 Å². The second kappa shape index (κ2) is 4.63. The van der Waals surface area contributed by atoms with Crippen LogP contribution in [0.5, 0.6) is 0 Å². The van der Waals surface area contributed by atoms with Crippen LogP contribution in [0.25, 0.3) is 0 Å². The van der Waals surface area contributed by atoms with Gasteiger partial charge in [-0.1, -0.05) is 19.3 Å². The summed E-state index contributed by atoms with van der Waals surface area (Å²) in [6.45, 7) is 1.12. The van der Waals surface area contributed by atoms with Crippen LogP contribution in [-0.4, -0.2) is 35.7 Å². The Bertz CT molecular complexity index is 177. The summed E-state index contributed by atoms with van der Waals surface area (Å²) in [4.78, 5) is 2.49. The monoisotopic (exact) mass is 197 g/mol. The van der Waals surface area contributed by atoms with Crippen molar-refractivity contribution in [3.8, 4) is 0 Å². The van der Waals surface area contributed by atoms with E-state index in [2.05, 4.69) is 11.9 Å². The highest BCUT2D eigenvalue weighted by Crippen LogP contribution is 2.29. The fourth-order valence-electron chi connectivity index (χ4n) is 3.09. The minimum atomic E-state index is -0.0150. The highest BCUT2D eigenvalue weighted by molar-refractivity contribution is 4.82. The molecule has 2 aliphatic carbocycles. The van der Waals surface area contributed by atoms with Crippen LogP contribution < -0.4 is 0 Å². The van der Waals surface area contributed by atoms with Crippen LogP contribution in [-0.2, 0) is 0 Å². The fraction of sp³-hybridized carbons (Fsp3) is 1.00. The molecule has 0 saturated heterocycles. The molecule has 2 saturated carbocycles. The lowest BCUT2D eigenvalue weighted by Crippen LogP contribution is -2.36. The number of nitrogens with zero attached hydrogens (tertiary/aromatic N) is 1. The van der Waals surface area contributed by atoms with E-state index in [1.807, 2.05) is 0 Å². The molecule has 2 nitrogen and oxygen atoms in total. The van der Waals surface area contributed by atoms with Crippen LogP contribution >= 0.6 is 0 Å². The number of hydrogen-bond acceptors (Lipinski definition) is 2. The first-order valence-corrected chi connectivity index (χ1v) is 6.15. The molecular weight excluding hydrogens is 174 g/mol. The average Bonchev–Trinajstić information content (AvgIpc) is 2.77. The molecule has 2 rings (SSSR count). The molecule has 0 aromatic carbocycles. The van der Waals surface area contributed by atoms with Gasteiger partial charge in [-0.25, -0.2) is 0 Å². The zero-order chi connectivity index (χ0) is 9.97. The van der Waals surface area contributed by atoms with E-state index in [0.717, 1.165) is 19.0 Å². The summed E-state index contributed by atoms with van der Waals surface area (Å²) in [6.07, 6.45) is 9.04. The molecule has 2 heteroatoms. The molecule has 1 N–H and O–H groups in total. The summed E-state index contributed by atoms with van der Waals surface area (Å²) < 4.78 is 0. The van der Waals surface area contributed by atoms with Crippen LogP contribution in [0.4, 0.5) is 0 Å². The van der Waals surface area contributed by atoms with Crippen molar-refractivity contribution in [1.82, 2.24) is 4.90 Å². The van der Waals surface area contributed by atoms with Crippen LogP contribution in [0.15, 0.2) is 0 Å². The number of aliphatic hydroxyl groups is 1. The van der Waals surface area contributed by atoms with Crippen molar-refractivity contribution < 1.29 is 5.11 Å². The Kier molecular flexibility index (Phi) is 3.45. The fourth-order valence-corrected chi connectivity index (χ4v) is 3.09. The van der Waals surface area contributed by atoms with Gasteiger partial charge in [-0.3, -0.25) is 0 Å². The van der Waals surface area contributed by atoms with Gasteiger partial charge in [0.2, 0.25) is 0 Å². The van der Waals surface area contributed by atoms with E-state index in [1.165, 1.54) is 38.5 Å². The first-order valence-electron chi connectivity index (χ1n) is 6.15. The van der Waals surface area contributed by atoms with E-state index in [0.29, 0.717) is 5.92 Å². The van der Waals surface area contributed by atoms with Crippen LogP contribution in [0.2, 0.25) is 0 Å². The minimum Gasteiger partial charge on any atom is -0.393 e. The maximum Gasteiger partial charge on any atom is 0.0580 e. The molecule has 82 valence electrons. The smallest absolute Gasteiger partial charge is 0.0580 e. The Hall–Kier alpha value is -0.0800. The van der Waals surface area contributed by atoms with Crippen LogP contribution in [0.3, 0.4) is 0 Å². The summed E-state index contributed by atoms with van der Waals surface area (Å²) in [5.74, 6) is 0.556. The van der Waals surface area contributed by atoms with Crippen molar-refractivity contribution in [2.24, 2.45) is 5.92 Å². The van der Waals surface area contributed by atoms with Gasteiger partial charge in [0, 0.05) is 12.6 Å². The molecule has 2 unspecified atom stereocenters. The zero-order valence-electron chi connectivity index (χ0n) is 9.28. The van der Waals surface area contributed by atoms with Crippen molar-refractivity contribution in [2.75, 3.05) is 13.6 Å². The highest BCUT2D eigenvalue weighted by Gasteiger charge is 2.28. The number of rotatable bonds is 3. The Labute approximate surface area is 87.3 Å². The van der Waals surface area contributed by atoms with Gasteiger partial charge in [0.25, 0.3) is 0 Å². The van der Waals surface area contributed by atoms with Gasteiger partial charge in [0.15, 0.2) is 0 Å². The van der Waals surface area contributed by atoms with Crippen molar-refractivity contribution in [1.29, 1.82) is 0 Å². The topological polar surface area (TPSA) is 23.5 Å². The van der Waals surface area contributed by atoms with E-state index >= 15 is 0 Å². The SMILES string of the molecule is CN(CC1CCCC1O)C1CCCC1. The van der Waals surface area contributed by atoms with E-state index in [4.69, 9.17) is 0 Å². The molecule has 2 fully saturated rings. The second-order valence-electron chi connectivity index (χ2n) is 5.14. The standard InChI is InChI=1S/C12H23NO/c1-13(11-6-2-3-7-11)9-10-5-4-8-12(10)14/h10-12,14H,2-9H2,1H3. The summed E-state index contributed by atoms with van der Waals surface area (Å²) in [5, 5.41) is 9.75. The van der Waals surface area contributed by atoms with Crippen molar-refractivity contribution >= 4 is 0 Å². The number of aliphatic hydroxyl groups excluding tert-OH is 1. The molecule has 0 radical (unpaired) electrons. The predicted octanol–water partition coefficient (Wildman–Crippen LogP) is 2.02. The van der Waals surface area contributed by atoms with Gasteiger partial charge in [0.1, 0.15) is 0 Å². The third-order valence-electron chi connectivity index (χ3n) is 4.09. The number of hydrogen-bond donors (Lipinski definition) is 1. The quantitative estimate of drug-likeness (QED) is 0.748. The summed E-state index contributed by atoms with van der Waals surface area (Å²) in [6, 6.07) is 0.808. The average molecular weight is 197 g/mol. The zero-order valence-corrected chi connectivity index (χ0v) is 9.28. The minimum absolute atomic E-state index is 0.0150. The van der Waals surface area contributed by atoms with E-state index in [9.17, 15) is 5.11 Å². The highest BCUT2D eigenvalue weighted by atomic mass is 16.3. The Morgan fingerprint density at radius 2 is 1.79 bits per heavy atom. The van der Waals surface area contributed by atoms with Gasteiger partial charge < -0.3 is 10.0 Å². The van der Waals surface area contributed by atoms with Gasteiger partial charge in [0.05, 0.1) is 6.10 Å². The summed E-state index contributed by atoms with van der Waals surface area (Å²) in [7, 11) is 2.24. The first kappa shape index (κ1) is 10.4. The largest absolute Gasteiger partial charge is 0.393 e. The van der Waals surface area contributed by atoms with Crippen molar-refractivity contribution in [3.05, 3.63) is 0 Å². The van der Waals surface area contributed by atoms with Crippen molar-refractivity contribution in [3.63, 3.8) is 0 Å². The molecule has 2 atom stereocenters. The molecule has 0 aromatic rings. The third kappa shape index (κ3) is 2.29. The van der Waals surface area contributed by atoms with E-state index < -0.39 is 0 Å². The second-order valence-corrected chi connectivity index (χ2v) is 5.14. The molecule has 0 aromatic heterocycles.